The summed E-state index contributed by atoms with van der Waals surface area (Å²) >= 11 is 5.78. The molecular weight excluding hydrogens is 224 g/mol. The predicted octanol–water partition coefficient (Wildman–Crippen LogP) is 1.85. The van der Waals surface area contributed by atoms with Crippen LogP contribution in [-0.2, 0) is 4.79 Å². The second-order valence-corrected chi connectivity index (χ2v) is 5.94. The molecule has 0 atom stereocenters. The largest absolute Gasteiger partial charge is 0.354 e. The van der Waals surface area contributed by atoms with E-state index in [-0.39, 0.29) is 11.4 Å². The minimum Gasteiger partial charge on any atom is -0.354 e. The van der Waals surface area contributed by atoms with Gasteiger partial charge in [0.05, 0.1) is 5.41 Å². The summed E-state index contributed by atoms with van der Waals surface area (Å²) in [6.07, 6.45) is 3.59. The zero-order valence-corrected chi connectivity index (χ0v) is 11.5. The third kappa shape index (κ3) is 2.69. The summed E-state index contributed by atoms with van der Waals surface area (Å²) in [6.45, 7) is 4.48. The maximum Gasteiger partial charge on any atom is 0.226 e. The molecule has 0 aromatic rings. The Hall–Kier alpha value is -0.280. The van der Waals surface area contributed by atoms with Crippen molar-refractivity contribution in [2.45, 2.75) is 38.6 Å². The van der Waals surface area contributed by atoms with Crippen molar-refractivity contribution in [2.75, 3.05) is 26.5 Å². The number of halogens is 1. The Kier molecular flexibility index (Phi) is 4.24. The van der Waals surface area contributed by atoms with Crippen molar-refractivity contribution in [3.05, 3.63) is 0 Å². The van der Waals surface area contributed by atoms with Gasteiger partial charge in [0.25, 0.3) is 0 Å². The Morgan fingerprint density at radius 3 is 2.31 bits per heavy atom. The van der Waals surface area contributed by atoms with E-state index < -0.39 is 5.41 Å². The lowest BCUT2D eigenvalue weighted by molar-refractivity contribution is -0.129. The molecule has 1 saturated carbocycles. The summed E-state index contributed by atoms with van der Waals surface area (Å²) in [4.78, 5) is 14.1. The molecule has 3 nitrogen and oxygen atoms in total. The fourth-order valence-corrected chi connectivity index (χ4v) is 2.03. The van der Waals surface area contributed by atoms with E-state index in [1.54, 1.807) is 0 Å². The maximum atomic E-state index is 11.9. The third-order valence-electron chi connectivity index (χ3n) is 3.76. The van der Waals surface area contributed by atoms with Gasteiger partial charge in [0.2, 0.25) is 5.91 Å². The van der Waals surface area contributed by atoms with Crippen LogP contribution in [0.2, 0.25) is 0 Å². The first-order chi connectivity index (χ1) is 7.34. The van der Waals surface area contributed by atoms with Gasteiger partial charge in [-0.05, 0) is 47.2 Å². The van der Waals surface area contributed by atoms with Crippen molar-refractivity contribution >= 4 is 17.5 Å². The minimum absolute atomic E-state index is 0.0515. The predicted molar refractivity (Wildman–Crippen MR) is 67.8 cm³/mol. The van der Waals surface area contributed by atoms with Gasteiger partial charge in [-0.1, -0.05) is 0 Å². The Morgan fingerprint density at radius 2 is 2.00 bits per heavy atom. The molecule has 16 heavy (non-hydrogen) atoms. The van der Waals surface area contributed by atoms with E-state index in [4.69, 9.17) is 11.6 Å². The van der Waals surface area contributed by atoms with Crippen LogP contribution in [0.3, 0.4) is 0 Å². The van der Waals surface area contributed by atoms with Crippen LogP contribution in [0, 0.1) is 5.41 Å². The van der Waals surface area contributed by atoms with Crippen molar-refractivity contribution in [1.29, 1.82) is 0 Å². The highest BCUT2D eigenvalue weighted by Crippen LogP contribution is 2.35. The number of carbonyl (C=O) groups is 1. The smallest absolute Gasteiger partial charge is 0.226 e. The number of nitrogens with zero attached hydrogens (tertiary/aromatic N) is 1. The molecule has 1 N–H and O–H groups in total. The topological polar surface area (TPSA) is 32.3 Å². The summed E-state index contributed by atoms with van der Waals surface area (Å²) in [7, 11) is 4.16. The highest BCUT2D eigenvalue weighted by molar-refractivity contribution is 6.19. The summed E-state index contributed by atoms with van der Waals surface area (Å²) in [6, 6.07) is 0. The van der Waals surface area contributed by atoms with Crippen molar-refractivity contribution in [3.63, 3.8) is 0 Å². The number of nitrogens with one attached hydrogen (secondary N) is 1. The molecule has 0 bridgehead atoms. The minimum atomic E-state index is -0.473. The fourth-order valence-electron chi connectivity index (χ4n) is 1.91. The molecule has 1 amide bonds. The van der Waals surface area contributed by atoms with Crippen LogP contribution in [0.4, 0.5) is 0 Å². The van der Waals surface area contributed by atoms with E-state index in [2.05, 4.69) is 24.3 Å². The molecule has 0 aliphatic heterocycles. The number of hydrogen-bond donors (Lipinski definition) is 1. The molecule has 0 spiro atoms. The molecule has 1 fully saturated rings. The Bertz CT molecular complexity index is 260. The standard InChI is InChI=1S/C12H23ClN2O/c1-11(2,8-13)10(16)14-9-12(15(3)4)6-5-7-12/h5-9H2,1-4H3,(H,14,16). The molecule has 94 valence electrons. The lowest BCUT2D eigenvalue weighted by atomic mass is 9.75. The molecule has 1 aliphatic rings. The SMILES string of the molecule is CN(C)C1(CNC(=O)C(C)(C)CCl)CCC1. The molecule has 0 saturated heterocycles. The number of rotatable bonds is 5. The van der Waals surface area contributed by atoms with E-state index in [0.717, 1.165) is 6.54 Å². The van der Waals surface area contributed by atoms with Crippen molar-refractivity contribution in [1.82, 2.24) is 10.2 Å². The first-order valence-corrected chi connectivity index (χ1v) is 6.39. The van der Waals surface area contributed by atoms with Gasteiger partial charge in [0, 0.05) is 18.0 Å². The normalized spacial score (nSPS) is 19.4. The van der Waals surface area contributed by atoms with Crippen molar-refractivity contribution in [3.8, 4) is 0 Å². The summed E-state index contributed by atoms with van der Waals surface area (Å²) in [5.41, 5.74) is -0.295. The van der Waals surface area contributed by atoms with Crippen LogP contribution in [0.1, 0.15) is 33.1 Å². The van der Waals surface area contributed by atoms with Crippen LogP contribution in [0.25, 0.3) is 0 Å². The molecular formula is C12H23ClN2O. The molecule has 0 heterocycles. The van der Waals surface area contributed by atoms with Gasteiger partial charge < -0.3 is 10.2 Å². The Morgan fingerprint density at radius 1 is 1.44 bits per heavy atom. The molecule has 0 aromatic heterocycles. The van der Waals surface area contributed by atoms with E-state index >= 15 is 0 Å². The third-order valence-corrected chi connectivity index (χ3v) is 4.43. The number of alkyl halides is 1. The lowest BCUT2D eigenvalue weighted by Gasteiger charge is -2.47. The first-order valence-electron chi connectivity index (χ1n) is 5.86. The van der Waals surface area contributed by atoms with Gasteiger partial charge in [-0.2, -0.15) is 0 Å². The van der Waals surface area contributed by atoms with Gasteiger partial charge in [-0.3, -0.25) is 4.79 Å². The van der Waals surface area contributed by atoms with E-state index in [1.807, 2.05) is 13.8 Å². The first kappa shape index (κ1) is 13.8. The number of amides is 1. The monoisotopic (exact) mass is 246 g/mol. The van der Waals surface area contributed by atoms with E-state index in [9.17, 15) is 4.79 Å². The molecule has 0 aromatic carbocycles. The fraction of sp³-hybridized carbons (Fsp3) is 0.917. The van der Waals surface area contributed by atoms with Crippen molar-refractivity contribution < 1.29 is 4.79 Å². The summed E-state index contributed by atoms with van der Waals surface area (Å²) in [5.74, 6) is 0.406. The molecule has 4 heteroatoms. The van der Waals surface area contributed by atoms with Gasteiger partial charge in [-0.15, -0.1) is 11.6 Å². The van der Waals surface area contributed by atoms with Crippen LogP contribution in [0.5, 0.6) is 0 Å². The van der Waals surface area contributed by atoms with E-state index in [0.29, 0.717) is 5.88 Å². The molecule has 0 unspecified atom stereocenters. The summed E-state index contributed by atoms with van der Waals surface area (Å²) < 4.78 is 0. The maximum absolute atomic E-state index is 11.9. The average molecular weight is 247 g/mol. The molecule has 1 rings (SSSR count). The van der Waals surface area contributed by atoms with Crippen molar-refractivity contribution in [2.24, 2.45) is 5.41 Å². The van der Waals surface area contributed by atoms with Crippen LogP contribution in [-0.4, -0.2) is 42.9 Å². The Labute approximate surface area is 104 Å². The second kappa shape index (κ2) is 4.92. The van der Waals surface area contributed by atoms with Gasteiger partial charge in [0.1, 0.15) is 0 Å². The van der Waals surface area contributed by atoms with E-state index in [1.165, 1.54) is 19.3 Å². The second-order valence-electron chi connectivity index (χ2n) is 5.67. The van der Waals surface area contributed by atoms with Gasteiger partial charge in [0.15, 0.2) is 0 Å². The zero-order chi connectivity index (χ0) is 12.4. The highest BCUT2D eigenvalue weighted by atomic mass is 35.5. The van der Waals surface area contributed by atoms with Crippen LogP contribution in [0.15, 0.2) is 0 Å². The highest BCUT2D eigenvalue weighted by Gasteiger charge is 2.40. The summed E-state index contributed by atoms with van der Waals surface area (Å²) in [5, 5.41) is 3.03. The number of carbonyl (C=O) groups excluding carboxylic acids is 1. The zero-order valence-electron chi connectivity index (χ0n) is 10.8. The Balaban J connectivity index is 2.48. The van der Waals surface area contributed by atoms with Gasteiger partial charge in [-0.25, -0.2) is 0 Å². The quantitative estimate of drug-likeness (QED) is 0.751. The molecule has 1 aliphatic carbocycles. The van der Waals surface area contributed by atoms with Gasteiger partial charge >= 0.3 is 0 Å². The molecule has 0 radical (unpaired) electrons. The number of likely N-dealkylation sites (N-methyl/N-ethyl adjacent to an activating group) is 1. The lowest BCUT2D eigenvalue weighted by Crippen LogP contribution is -2.58. The van der Waals surface area contributed by atoms with Crippen LogP contribution >= 0.6 is 11.6 Å². The van der Waals surface area contributed by atoms with Crippen LogP contribution < -0.4 is 5.32 Å². The average Bonchev–Trinajstić information content (AvgIpc) is 2.15. The number of hydrogen-bond acceptors (Lipinski definition) is 2.